The van der Waals surface area contributed by atoms with E-state index >= 15 is 0 Å². The molecular formula is C17H24N4O4S2. The summed E-state index contributed by atoms with van der Waals surface area (Å²) < 4.78 is 6.94. The Kier molecular flexibility index (Phi) is 7.40. The van der Waals surface area contributed by atoms with Crippen LogP contribution in [0.1, 0.15) is 30.7 Å². The van der Waals surface area contributed by atoms with Gasteiger partial charge >= 0.3 is 6.03 Å². The second-order valence-corrected chi connectivity index (χ2v) is 8.49. The Morgan fingerprint density at radius 1 is 1.41 bits per heavy atom. The van der Waals surface area contributed by atoms with E-state index in [1.54, 1.807) is 11.5 Å². The highest BCUT2D eigenvalue weighted by Gasteiger charge is 2.22. The number of nitrogens with two attached hydrogens (primary N) is 1. The van der Waals surface area contributed by atoms with Gasteiger partial charge in [-0.3, -0.25) is 19.5 Å². The summed E-state index contributed by atoms with van der Waals surface area (Å²) in [6.07, 6.45) is 0.651. The van der Waals surface area contributed by atoms with Gasteiger partial charge in [-0.1, -0.05) is 11.8 Å². The van der Waals surface area contributed by atoms with Crippen LogP contribution in [0.2, 0.25) is 0 Å². The Morgan fingerprint density at radius 2 is 2.11 bits per heavy atom. The first-order valence-electron chi connectivity index (χ1n) is 8.61. The summed E-state index contributed by atoms with van der Waals surface area (Å²) in [5.41, 5.74) is 5.81. The lowest BCUT2D eigenvalue weighted by Gasteiger charge is -2.15. The molecule has 0 aliphatic carbocycles. The molecule has 0 spiro atoms. The maximum Gasteiger partial charge on any atom is 0.318 e. The molecule has 0 unspecified atom stereocenters. The van der Waals surface area contributed by atoms with Crippen molar-refractivity contribution < 1.29 is 14.3 Å². The number of primary amides is 1. The molecule has 27 heavy (non-hydrogen) atoms. The molecule has 3 amide bonds. The highest BCUT2D eigenvalue weighted by molar-refractivity contribution is 8.00. The lowest BCUT2D eigenvalue weighted by molar-refractivity contribution is -0.119. The topological polar surface area (TPSA) is 116 Å². The summed E-state index contributed by atoms with van der Waals surface area (Å²) in [6.45, 7) is 8.99. The van der Waals surface area contributed by atoms with Gasteiger partial charge in [0, 0.05) is 24.6 Å². The van der Waals surface area contributed by atoms with E-state index in [-0.39, 0.29) is 5.56 Å². The molecule has 2 rings (SSSR count). The van der Waals surface area contributed by atoms with Gasteiger partial charge in [-0.05, 0) is 39.7 Å². The van der Waals surface area contributed by atoms with Gasteiger partial charge in [-0.2, -0.15) is 0 Å². The molecule has 0 fully saturated rings. The van der Waals surface area contributed by atoms with E-state index in [1.165, 1.54) is 11.3 Å². The number of aromatic nitrogens is 2. The molecule has 0 saturated heterocycles. The average molecular weight is 413 g/mol. The zero-order valence-corrected chi connectivity index (χ0v) is 17.5. The summed E-state index contributed by atoms with van der Waals surface area (Å²) in [5.74, 6) is -0.527. The van der Waals surface area contributed by atoms with Gasteiger partial charge in [0.05, 0.1) is 10.6 Å². The van der Waals surface area contributed by atoms with Crippen molar-refractivity contribution >= 4 is 45.3 Å². The number of carbonyl (C=O) groups excluding carboxylic acids is 2. The fourth-order valence-electron chi connectivity index (χ4n) is 2.50. The van der Waals surface area contributed by atoms with Crippen molar-refractivity contribution in [3.63, 3.8) is 0 Å². The highest BCUT2D eigenvalue weighted by atomic mass is 32.2. The molecule has 10 heteroatoms. The lowest BCUT2D eigenvalue weighted by atomic mass is 10.2. The van der Waals surface area contributed by atoms with Crippen LogP contribution in [0.15, 0.2) is 9.95 Å². The number of nitrogens with one attached hydrogen (secondary N) is 1. The number of hydrogen-bond donors (Lipinski definition) is 2. The number of thiophene rings is 1. The quantitative estimate of drug-likeness (QED) is 0.390. The number of hydrogen-bond acceptors (Lipinski definition) is 7. The molecule has 1 atom stereocenters. The molecule has 2 heterocycles. The fourth-order valence-corrected chi connectivity index (χ4v) is 4.50. The van der Waals surface area contributed by atoms with Crippen LogP contribution in [0.5, 0.6) is 0 Å². The monoisotopic (exact) mass is 412 g/mol. The van der Waals surface area contributed by atoms with Crippen LogP contribution in [0.25, 0.3) is 10.2 Å². The van der Waals surface area contributed by atoms with Crippen LogP contribution in [0.3, 0.4) is 0 Å². The molecule has 0 saturated carbocycles. The molecule has 0 radical (unpaired) electrons. The van der Waals surface area contributed by atoms with E-state index in [1.807, 2.05) is 20.8 Å². The van der Waals surface area contributed by atoms with Gasteiger partial charge in [-0.25, -0.2) is 9.78 Å². The molecule has 0 bridgehead atoms. The van der Waals surface area contributed by atoms with Crippen molar-refractivity contribution in [2.75, 3.05) is 13.2 Å². The van der Waals surface area contributed by atoms with E-state index < -0.39 is 17.2 Å². The van der Waals surface area contributed by atoms with Crippen molar-refractivity contribution in [2.45, 2.75) is 51.1 Å². The van der Waals surface area contributed by atoms with Crippen LogP contribution in [0.4, 0.5) is 4.79 Å². The number of imide groups is 1. The van der Waals surface area contributed by atoms with Gasteiger partial charge < -0.3 is 10.5 Å². The Balaban J connectivity index is 2.40. The molecule has 8 nitrogen and oxygen atoms in total. The molecule has 0 aliphatic heterocycles. The van der Waals surface area contributed by atoms with Crippen molar-refractivity contribution in [3.8, 4) is 0 Å². The van der Waals surface area contributed by atoms with E-state index in [0.717, 1.165) is 22.2 Å². The van der Waals surface area contributed by atoms with Gasteiger partial charge in [0.25, 0.3) is 5.56 Å². The number of urea groups is 1. The van der Waals surface area contributed by atoms with Crippen molar-refractivity contribution in [1.29, 1.82) is 0 Å². The minimum Gasteiger partial charge on any atom is -0.382 e. The van der Waals surface area contributed by atoms with E-state index in [2.05, 4.69) is 10.3 Å². The molecule has 3 N–H and O–H groups in total. The van der Waals surface area contributed by atoms with Gasteiger partial charge in [-0.15, -0.1) is 11.3 Å². The van der Waals surface area contributed by atoms with Gasteiger partial charge in [0.1, 0.15) is 4.83 Å². The minimum absolute atomic E-state index is 0.122. The third-order valence-corrected chi connectivity index (χ3v) is 6.22. The number of nitrogens with zero attached hydrogens (tertiary/aromatic N) is 2. The largest absolute Gasteiger partial charge is 0.382 e. The van der Waals surface area contributed by atoms with E-state index in [4.69, 9.17) is 10.5 Å². The summed E-state index contributed by atoms with van der Waals surface area (Å²) >= 11 is 2.58. The van der Waals surface area contributed by atoms with Crippen LogP contribution >= 0.6 is 23.1 Å². The third-order valence-electron chi connectivity index (χ3n) is 4.03. The van der Waals surface area contributed by atoms with Crippen molar-refractivity contribution in [1.82, 2.24) is 14.9 Å². The van der Waals surface area contributed by atoms with Gasteiger partial charge in [0.2, 0.25) is 5.91 Å². The molecule has 148 valence electrons. The lowest BCUT2D eigenvalue weighted by Crippen LogP contribution is -2.39. The number of thioether (sulfide) groups is 1. The number of amides is 3. The van der Waals surface area contributed by atoms with E-state index in [9.17, 15) is 14.4 Å². The Bertz CT molecular complexity index is 906. The van der Waals surface area contributed by atoms with Crippen LogP contribution in [-0.4, -0.2) is 40.0 Å². The maximum atomic E-state index is 13.1. The van der Waals surface area contributed by atoms with E-state index in [0.29, 0.717) is 41.6 Å². The Morgan fingerprint density at radius 3 is 2.74 bits per heavy atom. The Hall–Kier alpha value is -1.91. The number of aryl methyl sites for hydroxylation is 2. The number of fused-ring (bicyclic) bond motifs is 1. The average Bonchev–Trinajstić information content (AvgIpc) is 2.87. The molecule has 0 aromatic carbocycles. The summed E-state index contributed by atoms with van der Waals surface area (Å²) in [4.78, 5) is 42.3. The van der Waals surface area contributed by atoms with Crippen LogP contribution in [-0.2, 0) is 16.1 Å². The molecule has 0 aliphatic rings. The summed E-state index contributed by atoms with van der Waals surface area (Å²) in [6, 6.07) is -0.908. The smallest absolute Gasteiger partial charge is 0.318 e. The molecule has 2 aromatic rings. The third kappa shape index (κ3) is 5.08. The summed E-state index contributed by atoms with van der Waals surface area (Å²) in [7, 11) is 0. The first kappa shape index (κ1) is 21.4. The predicted molar refractivity (Wildman–Crippen MR) is 108 cm³/mol. The first-order chi connectivity index (χ1) is 12.8. The van der Waals surface area contributed by atoms with Crippen molar-refractivity contribution in [2.24, 2.45) is 5.73 Å². The number of carbonyl (C=O) groups is 2. The molecule has 2 aromatic heterocycles. The maximum absolute atomic E-state index is 13.1. The zero-order valence-electron chi connectivity index (χ0n) is 15.8. The molecular weight excluding hydrogens is 388 g/mol. The Labute approximate surface area is 165 Å². The SMILES string of the molecule is CCOCCCn1c(S[C@H](C)C(=O)NC(N)=O)nc2sc(C)c(C)c2c1=O. The standard InChI is InChI=1S/C17H24N4O4S2/c1-5-25-8-6-7-21-15(23)12-9(2)10(3)26-14(12)20-17(21)27-11(4)13(22)19-16(18)24/h11H,5-8H2,1-4H3,(H3,18,19,22,24)/t11-/m1/s1. The number of rotatable bonds is 8. The van der Waals surface area contributed by atoms with Crippen LogP contribution in [0, 0.1) is 13.8 Å². The van der Waals surface area contributed by atoms with Gasteiger partial charge in [0.15, 0.2) is 5.16 Å². The first-order valence-corrected chi connectivity index (χ1v) is 10.3. The van der Waals surface area contributed by atoms with Crippen molar-refractivity contribution in [3.05, 3.63) is 20.8 Å². The minimum atomic E-state index is -0.908. The predicted octanol–water partition coefficient (Wildman–Crippen LogP) is 2.18. The summed E-state index contributed by atoms with van der Waals surface area (Å²) in [5, 5.41) is 2.48. The van der Waals surface area contributed by atoms with Crippen LogP contribution < -0.4 is 16.6 Å². The normalized spacial score (nSPS) is 12.3. The highest BCUT2D eigenvalue weighted by Crippen LogP contribution is 2.29. The number of ether oxygens (including phenoxy) is 1. The zero-order chi connectivity index (χ0) is 20.1. The fraction of sp³-hybridized carbons (Fsp3) is 0.529. The second-order valence-electron chi connectivity index (χ2n) is 5.98. The second kappa shape index (κ2) is 9.34.